The van der Waals surface area contributed by atoms with Crippen LogP contribution < -0.4 is 9.47 Å². The summed E-state index contributed by atoms with van der Waals surface area (Å²) in [7, 11) is 0. The highest BCUT2D eigenvalue weighted by atomic mass is 19.4. The summed E-state index contributed by atoms with van der Waals surface area (Å²) >= 11 is 0. The topological polar surface area (TPSA) is 18.5 Å². The summed E-state index contributed by atoms with van der Waals surface area (Å²) in [4.78, 5) is 0. The van der Waals surface area contributed by atoms with Crippen molar-refractivity contribution in [3.63, 3.8) is 0 Å². The smallest absolute Gasteiger partial charge is 0.434 e. The Labute approximate surface area is 81.2 Å². The third kappa shape index (κ3) is 4.48. The molecule has 0 aliphatic heterocycles. The van der Waals surface area contributed by atoms with Gasteiger partial charge in [0.1, 0.15) is 11.5 Å². The second kappa shape index (κ2) is 4.33. The standard InChI is InChI=1S/C8H4F5O2/c9-7(10)14-5-2-1-3-6(4-5)15-8(11,12)13/h1,3-4,7H. The molecule has 0 fully saturated rings. The molecule has 0 atom stereocenters. The molecule has 0 aliphatic carbocycles. The van der Waals surface area contributed by atoms with Gasteiger partial charge in [0.15, 0.2) is 0 Å². The molecule has 0 amide bonds. The molecule has 1 radical (unpaired) electrons. The van der Waals surface area contributed by atoms with Gasteiger partial charge in [0, 0.05) is 12.1 Å². The summed E-state index contributed by atoms with van der Waals surface area (Å²) in [5.41, 5.74) is 0. The van der Waals surface area contributed by atoms with Crippen molar-refractivity contribution in [3.8, 4) is 11.5 Å². The highest BCUT2D eigenvalue weighted by Crippen LogP contribution is 2.26. The van der Waals surface area contributed by atoms with Crippen LogP contribution in [0.25, 0.3) is 0 Å². The van der Waals surface area contributed by atoms with E-state index in [1.54, 1.807) is 0 Å². The fraction of sp³-hybridized carbons (Fsp3) is 0.250. The van der Waals surface area contributed by atoms with E-state index >= 15 is 0 Å². The molecule has 0 spiro atoms. The summed E-state index contributed by atoms with van der Waals surface area (Å²) in [5.74, 6) is -1.16. The predicted molar refractivity (Wildman–Crippen MR) is 38.6 cm³/mol. The van der Waals surface area contributed by atoms with E-state index in [0.29, 0.717) is 6.07 Å². The first-order valence-electron chi connectivity index (χ1n) is 3.59. The second-order valence-corrected chi connectivity index (χ2v) is 2.31. The van der Waals surface area contributed by atoms with E-state index in [1.165, 1.54) is 0 Å². The first-order valence-corrected chi connectivity index (χ1v) is 3.59. The molecule has 0 aliphatic rings. The molecule has 0 aromatic heterocycles. The Morgan fingerprint density at radius 2 is 1.93 bits per heavy atom. The highest BCUT2D eigenvalue weighted by molar-refractivity contribution is 5.31. The first-order chi connectivity index (χ1) is 6.87. The molecule has 15 heavy (non-hydrogen) atoms. The minimum atomic E-state index is -4.87. The van der Waals surface area contributed by atoms with Crippen LogP contribution in [0, 0.1) is 6.07 Å². The van der Waals surface area contributed by atoms with Gasteiger partial charge in [-0.05, 0) is 12.1 Å². The fourth-order valence-electron chi connectivity index (χ4n) is 0.786. The Hall–Kier alpha value is -1.53. The van der Waals surface area contributed by atoms with Crippen molar-refractivity contribution in [2.24, 2.45) is 0 Å². The Kier molecular flexibility index (Phi) is 3.33. The van der Waals surface area contributed by atoms with Gasteiger partial charge in [0.25, 0.3) is 0 Å². The molecule has 0 saturated carbocycles. The SMILES string of the molecule is FC(F)Oc1[c]ccc(OC(F)(F)F)c1. The van der Waals surface area contributed by atoms with Crippen LogP contribution in [0.5, 0.6) is 11.5 Å². The average Bonchev–Trinajstić information content (AvgIpc) is 1.99. The van der Waals surface area contributed by atoms with Crippen LogP contribution in [0.1, 0.15) is 0 Å². The van der Waals surface area contributed by atoms with Crippen LogP contribution in [-0.2, 0) is 0 Å². The number of benzene rings is 1. The summed E-state index contributed by atoms with van der Waals surface area (Å²) in [6.07, 6.45) is -4.87. The lowest BCUT2D eigenvalue weighted by atomic mass is 10.3. The maximum absolute atomic E-state index is 11.7. The lowest BCUT2D eigenvalue weighted by Gasteiger charge is -2.09. The van der Waals surface area contributed by atoms with Gasteiger partial charge in [-0.25, -0.2) is 0 Å². The van der Waals surface area contributed by atoms with Crippen molar-refractivity contribution in [2.45, 2.75) is 13.0 Å². The molecule has 1 rings (SSSR count). The van der Waals surface area contributed by atoms with E-state index in [1.807, 2.05) is 0 Å². The number of halogens is 5. The van der Waals surface area contributed by atoms with E-state index in [9.17, 15) is 22.0 Å². The van der Waals surface area contributed by atoms with Crippen molar-refractivity contribution < 1.29 is 31.4 Å². The number of ether oxygens (including phenoxy) is 2. The first kappa shape index (κ1) is 11.5. The Morgan fingerprint density at radius 1 is 1.27 bits per heavy atom. The quantitative estimate of drug-likeness (QED) is 0.739. The number of hydrogen-bond donors (Lipinski definition) is 0. The number of alkyl halides is 5. The van der Waals surface area contributed by atoms with E-state index in [2.05, 4.69) is 15.5 Å². The third-order valence-corrected chi connectivity index (χ3v) is 1.20. The number of rotatable bonds is 3. The van der Waals surface area contributed by atoms with E-state index < -0.39 is 24.5 Å². The minimum Gasteiger partial charge on any atom is -0.434 e. The highest BCUT2D eigenvalue weighted by Gasteiger charge is 2.31. The van der Waals surface area contributed by atoms with Gasteiger partial charge < -0.3 is 9.47 Å². The number of hydrogen-bond acceptors (Lipinski definition) is 2. The molecule has 7 heteroatoms. The normalized spacial score (nSPS) is 11.6. The van der Waals surface area contributed by atoms with Crippen molar-refractivity contribution in [1.29, 1.82) is 0 Å². The molecule has 1 aromatic carbocycles. The molecule has 0 unspecified atom stereocenters. The van der Waals surface area contributed by atoms with Crippen LogP contribution >= 0.6 is 0 Å². The van der Waals surface area contributed by atoms with Gasteiger partial charge in [0.2, 0.25) is 0 Å². The predicted octanol–water partition coefficient (Wildman–Crippen LogP) is 2.99. The van der Waals surface area contributed by atoms with Crippen LogP contribution in [0.3, 0.4) is 0 Å². The minimum absolute atomic E-state index is 0.522. The van der Waals surface area contributed by atoms with Crippen LogP contribution in [-0.4, -0.2) is 13.0 Å². The van der Waals surface area contributed by atoms with Gasteiger partial charge in [-0.3, -0.25) is 0 Å². The van der Waals surface area contributed by atoms with Crippen LogP contribution in [0.2, 0.25) is 0 Å². The maximum atomic E-state index is 11.7. The summed E-state index contributed by atoms with van der Waals surface area (Å²) < 4.78 is 65.8. The zero-order valence-corrected chi connectivity index (χ0v) is 7.02. The Morgan fingerprint density at radius 3 is 2.47 bits per heavy atom. The summed E-state index contributed by atoms with van der Waals surface area (Å²) in [6.45, 7) is -3.12. The molecule has 0 saturated heterocycles. The van der Waals surface area contributed by atoms with Gasteiger partial charge >= 0.3 is 13.0 Å². The Balaban J connectivity index is 2.74. The Bertz CT molecular complexity index is 323. The molecule has 2 nitrogen and oxygen atoms in total. The third-order valence-electron chi connectivity index (χ3n) is 1.20. The molecule has 0 bridgehead atoms. The van der Waals surface area contributed by atoms with Crippen LogP contribution in [0.15, 0.2) is 18.2 Å². The molecule has 1 aromatic rings. The largest absolute Gasteiger partial charge is 0.573 e. The molecular weight excluding hydrogens is 223 g/mol. The monoisotopic (exact) mass is 227 g/mol. The van der Waals surface area contributed by atoms with Crippen molar-refractivity contribution >= 4 is 0 Å². The van der Waals surface area contributed by atoms with Gasteiger partial charge in [-0.15, -0.1) is 13.2 Å². The molecule has 0 heterocycles. The lowest BCUT2D eigenvalue weighted by Crippen LogP contribution is -2.17. The van der Waals surface area contributed by atoms with Gasteiger partial charge in [-0.2, -0.15) is 8.78 Å². The second-order valence-electron chi connectivity index (χ2n) is 2.31. The van der Waals surface area contributed by atoms with Crippen molar-refractivity contribution in [3.05, 3.63) is 24.3 Å². The van der Waals surface area contributed by atoms with Crippen molar-refractivity contribution in [1.82, 2.24) is 0 Å². The molecule has 83 valence electrons. The molecular formula is C8H4F5O2. The van der Waals surface area contributed by atoms with E-state index in [4.69, 9.17) is 0 Å². The van der Waals surface area contributed by atoms with E-state index in [0.717, 1.165) is 12.1 Å². The van der Waals surface area contributed by atoms with Gasteiger partial charge in [-0.1, -0.05) is 0 Å². The lowest BCUT2D eigenvalue weighted by molar-refractivity contribution is -0.274. The van der Waals surface area contributed by atoms with Crippen molar-refractivity contribution in [2.75, 3.05) is 0 Å². The molecule has 0 N–H and O–H groups in total. The summed E-state index contributed by atoms with van der Waals surface area (Å²) in [5, 5.41) is 0. The van der Waals surface area contributed by atoms with E-state index in [-0.39, 0.29) is 0 Å². The zero-order chi connectivity index (χ0) is 11.5. The van der Waals surface area contributed by atoms with Crippen LogP contribution in [0.4, 0.5) is 22.0 Å². The average molecular weight is 227 g/mol. The summed E-state index contributed by atoms with van der Waals surface area (Å²) in [6, 6.07) is 4.75. The fourth-order valence-corrected chi connectivity index (χ4v) is 0.786. The van der Waals surface area contributed by atoms with Gasteiger partial charge in [0.05, 0.1) is 0 Å². The zero-order valence-electron chi connectivity index (χ0n) is 7.02. The maximum Gasteiger partial charge on any atom is 0.573 e.